The van der Waals surface area contributed by atoms with Crippen molar-refractivity contribution in [3.8, 4) is 5.75 Å². The second-order valence-electron chi connectivity index (χ2n) is 6.37. The molecule has 3 rings (SSSR count). The molecule has 2 aromatic rings. The fourth-order valence-electron chi connectivity index (χ4n) is 3.09. The summed E-state index contributed by atoms with van der Waals surface area (Å²) in [5.41, 5.74) is 9.51. The molecule has 25 heavy (non-hydrogen) atoms. The number of hydrogen-bond donors (Lipinski definition) is 2. The second-order valence-corrected chi connectivity index (χ2v) is 8.46. The van der Waals surface area contributed by atoms with Gasteiger partial charge in [-0.15, -0.1) is 0 Å². The summed E-state index contributed by atoms with van der Waals surface area (Å²) >= 11 is 0. The van der Waals surface area contributed by atoms with E-state index in [1.165, 1.54) is 5.56 Å². The van der Waals surface area contributed by atoms with Crippen LogP contribution >= 0.6 is 0 Å². The zero-order valence-corrected chi connectivity index (χ0v) is 15.1. The van der Waals surface area contributed by atoms with Crippen LogP contribution in [0.3, 0.4) is 0 Å². The van der Waals surface area contributed by atoms with E-state index in [2.05, 4.69) is 16.9 Å². The molecule has 0 bridgehead atoms. The molecule has 0 fully saturated rings. The standard InChI is InChI=1S/C19H24N2O3S/c1-2-25(22,23)21-12-15-8-9-19-17(11-15)16(18(20)13-24-19)10-14-6-4-3-5-7-14/h3-9,11,16,18,21H,2,10,12-13,20H2,1H3/t16-,18+/m1/s1. The summed E-state index contributed by atoms with van der Waals surface area (Å²) in [5.74, 6) is 1.06. The molecule has 0 aliphatic carbocycles. The van der Waals surface area contributed by atoms with Gasteiger partial charge >= 0.3 is 0 Å². The zero-order valence-electron chi connectivity index (χ0n) is 14.3. The lowest BCUT2D eigenvalue weighted by Crippen LogP contribution is -2.39. The van der Waals surface area contributed by atoms with Gasteiger partial charge in [0, 0.05) is 18.5 Å². The fraction of sp³-hybridized carbons (Fsp3) is 0.368. The van der Waals surface area contributed by atoms with Crippen molar-refractivity contribution in [1.82, 2.24) is 4.72 Å². The first-order valence-corrected chi connectivity index (χ1v) is 10.2. The molecular weight excluding hydrogens is 336 g/mol. The number of ether oxygens (including phenoxy) is 1. The Bertz CT molecular complexity index is 822. The maximum absolute atomic E-state index is 11.7. The van der Waals surface area contributed by atoms with Crippen molar-refractivity contribution < 1.29 is 13.2 Å². The third-order valence-corrected chi connectivity index (χ3v) is 5.94. The summed E-state index contributed by atoms with van der Waals surface area (Å²) < 4.78 is 31.7. The van der Waals surface area contributed by atoms with Crippen LogP contribution in [0.25, 0.3) is 0 Å². The Labute approximate surface area is 149 Å². The Balaban J connectivity index is 1.84. The van der Waals surface area contributed by atoms with Crippen LogP contribution in [0.1, 0.15) is 29.5 Å². The molecular formula is C19H24N2O3S. The Morgan fingerprint density at radius 2 is 1.92 bits per heavy atom. The molecule has 1 aliphatic heterocycles. The van der Waals surface area contributed by atoms with Gasteiger partial charge in [-0.2, -0.15) is 0 Å². The Morgan fingerprint density at radius 1 is 1.16 bits per heavy atom. The molecule has 0 radical (unpaired) electrons. The molecule has 2 atom stereocenters. The highest BCUT2D eigenvalue weighted by molar-refractivity contribution is 7.89. The van der Waals surface area contributed by atoms with E-state index in [0.717, 1.165) is 23.3 Å². The summed E-state index contributed by atoms with van der Waals surface area (Å²) in [4.78, 5) is 0. The molecule has 1 heterocycles. The summed E-state index contributed by atoms with van der Waals surface area (Å²) in [5, 5.41) is 0. The van der Waals surface area contributed by atoms with Crippen molar-refractivity contribution in [2.45, 2.75) is 31.8 Å². The molecule has 0 saturated carbocycles. The molecule has 0 aromatic heterocycles. The number of fused-ring (bicyclic) bond motifs is 1. The fourth-order valence-corrected chi connectivity index (χ4v) is 3.68. The van der Waals surface area contributed by atoms with Crippen LogP contribution in [0.5, 0.6) is 5.75 Å². The minimum absolute atomic E-state index is 0.0720. The number of benzene rings is 2. The predicted octanol–water partition coefficient (Wildman–Crippen LogP) is 2.17. The first-order chi connectivity index (χ1) is 12.0. The Morgan fingerprint density at radius 3 is 2.64 bits per heavy atom. The van der Waals surface area contributed by atoms with Gasteiger partial charge in [-0.3, -0.25) is 0 Å². The lowest BCUT2D eigenvalue weighted by Gasteiger charge is -2.32. The Kier molecular flexibility index (Phi) is 5.42. The van der Waals surface area contributed by atoms with Gasteiger partial charge in [-0.05, 0) is 36.1 Å². The zero-order chi connectivity index (χ0) is 17.9. The molecule has 0 saturated heterocycles. The number of rotatable bonds is 6. The van der Waals surface area contributed by atoms with Crippen molar-refractivity contribution in [2.75, 3.05) is 12.4 Å². The van der Waals surface area contributed by atoms with Crippen LogP contribution < -0.4 is 15.2 Å². The van der Waals surface area contributed by atoms with Crippen molar-refractivity contribution >= 4 is 10.0 Å². The average Bonchev–Trinajstić information content (AvgIpc) is 2.63. The van der Waals surface area contributed by atoms with Gasteiger partial charge in [0.25, 0.3) is 0 Å². The highest BCUT2D eigenvalue weighted by Crippen LogP contribution is 2.36. The molecule has 0 unspecified atom stereocenters. The van der Waals surface area contributed by atoms with Gasteiger partial charge in [0.15, 0.2) is 0 Å². The lowest BCUT2D eigenvalue weighted by atomic mass is 9.84. The van der Waals surface area contributed by atoms with Crippen molar-refractivity contribution in [1.29, 1.82) is 0 Å². The highest BCUT2D eigenvalue weighted by atomic mass is 32.2. The smallest absolute Gasteiger partial charge is 0.211 e. The number of hydrogen-bond acceptors (Lipinski definition) is 4. The largest absolute Gasteiger partial charge is 0.492 e. The SMILES string of the molecule is CCS(=O)(=O)NCc1ccc2c(c1)[C@@H](Cc1ccccc1)[C@@H](N)CO2. The number of nitrogens with one attached hydrogen (secondary N) is 1. The van der Waals surface area contributed by atoms with Crippen LogP contribution in [0.4, 0.5) is 0 Å². The van der Waals surface area contributed by atoms with Gasteiger partial charge in [0.1, 0.15) is 12.4 Å². The summed E-state index contributed by atoms with van der Waals surface area (Å²) in [7, 11) is -3.22. The van der Waals surface area contributed by atoms with E-state index in [-0.39, 0.29) is 24.3 Å². The molecule has 1 aliphatic rings. The van der Waals surface area contributed by atoms with Crippen LogP contribution in [0.2, 0.25) is 0 Å². The van der Waals surface area contributed by atoms with Gasteiger partial charge < -0.3 is 10.5 Å². The molecule has 0 spiro atoms. The van der Waals surface area contributed by atoms with Crippen LogP contribution in [-0.4, -0.2) is 26.8 Å². The van der Waals surface area contributed by atoms with E-state index in [0.29, 0.717) is 6.61 Å². The maximum atomic E-state index is 11.7. The van der Waals surface area contributed by atoms with Gasteiger partial charge in [0.05, 0.1) is 5.75 Å². The highest BCUT2D eigenvalue weighted by Gasteiger charge is 2.28. The van der Waals surface area contributed by atoms with Gasteiger partial charge in [-0.25, -0.2) is 13.1 Å². The van der Waals surface area contributed by atoms with Crippen LogP contribution in [0, 0.1) is 0 Å². The minimum atomic E-state index is -3.22. The molecule has 5 nitrogen and oxygen atoms in total. The second kappa shape index (κ2) is 7.56. The van der Waals surface area contributed by atoms with Crippen LogP contribution in [0.15, 0.2) is 48.5 Å². The van der Waals surface area contributed by atoms with Crippen molar-refractivity contribution in [2.24, 2.45) is 5.73 Å². The third-order valence-electron chi connectivity index (χ3n) is 4.60. The van der Waals surface area contributed by atoms with Crippen molar-refractivity contribution in [3.05, 3.63) is 65.2 Å². The van der Waals surface area contributed by atoms with Crippen molar-refractivity contribution in [3.63, 3.8) is 0 Å². The van der Waals surface area contributed by atoms with Gasteiger partial charge in [-0.1, -0.05) is 42.5 Å². The molecule has 2 aromatic carbocycles. The molecule has 134 valence electrons. The molecule has 3 N–H and O–H groups in total. The first-order valence-electron chi connectivity index (χ1n) is 8.51. The monoisotopic (exact) mass is 360 g/mol. The minimum Gasteiger partial charge on any atom is -0.492 e. The van der Waals surface area contributed by atoms with E-state index < -0.39 is 10.0 Å². The predicted molar refractivity (Wildman–Crippen MR) is 99.1 cm³/mol. The average molecular weight is 360 g/mol. The third kappa shape index (κ3) is 4.39. The quantitative estimate of drug-likeness (QED) is 0.827. The summed E-state index contributed by atoms with van der Waals surface area (Å²) in [6.07, 6.45) is 0.836. The number of sulfonamides is 1. The van der Waals surface area contributed by atoms with E-state index in [9.17, 15) is 8.42 Å². The van der Waals surface area contributed by atoms with E-state index in [1.54, 1.807) is 6.92 Å². The first kappa shape index (κ1) is 17.9. The number of nitrogens with two attached hydrogens (primary N) is 1. The Hall–Kier alpha value is -1.89. The summed E-state index contributed by atoms with van der Waals surface area (Å²) in [6, 6.07) is 16.0. The van der Waals surface area contributed by atoms with E-state index in [4.69, 9.17) is 10.5 Å². The lowest BCUT2D eigenvalue weighted by molar-refractivity contribution is 0.238. The summed E-state index contributed by atoms with van der Waals surface area (Å²) in [6.45, 7) is 2.39. The normalized spacial score (nSPS) is 19.9. The van der Waals surface area contributed by atoms with E-state index in [1.807, 2.05) is 36.4 Å². The van der Waals surface area contributed by atoms with Crippen LogP contribution in [-0.2, 0) is 23.0 Å². The van der Waals surface area contributed by atoms with E-state index >= 15 is 0 Å². The maximum Gasteiger partial charge on any atom is 0.211 e. The topological polar surface area (TPSA) is 81.4 Å². The van der Waals surface area contributed by atoms with Gasteiger partial charge in [0.2, 0.25) is 10.0 Å². The molecule has 0 amide bonds. The molecule has 6 heteroatoms.